The minimum absolute atomic E-state index is 0.0241. The molecule has 4 heterocycles. The maximum atomic E-state index is 14.2. The van der Waals surface area contributed by atoms with E-state index >= 15 is 0 Å². The summed E-state index contributed by atoms with van der Waals surface area (Å²) in [6.45, 7) is 6.53. The molecule has 3 aromatic rings. The van der Waals surface area contributed by atoms with Crippen molar-refractivity contribution in [1.82, 2.24) is 4.90 Å². The minimum atomic E-state index is -0.301. The SMILES string of the molecule is C[C@@H]1CN(c2cc(=O)c3cc(C(=O)N4CCOCC4)cc(C4CCCN4c4cccc(F)c4)c3o2)CCO1. The van der Waals surface area contributed by atoms with Gasteiger partial charge in [-0.3, -0.25) is 9.59 Å². The van der Waals surface area contributed by atoms with E-state index in [0.29, 0.717) is 68.4 Å². The van der Waals surface area contributed by atoms with Gasteiger partial charge < -0.3 is 28.6 Å². The Morgan fingerprint density at radius 1 is 1.03 bits per heavy atom. The molecule has 0 bridgehead atoms. The molecule has 3 aliphatic rings. The lowest BCUT2D eigenvalue weighted by Gasteiger charge is -2.32. The molecule has 6 rings (SSSR count). The third kappa shape index (κ3) is 4.76. The number of ether oxygens (including phenoxy) is 2. The van der Waals surface area contributed by atoms with E-state index in [4.69, 9.17) is 13.9 Å². The molecule has 200 valence electrons. The standard InChI is InChI=1S/C29H32FN3O5/c1-19-18-32(10-13-37-19)27-17-26(34)24-15-20(29(35)31-8-11-36-12-9-31)14-23(28(24)38-27)25-6-3-7-33(25)22-5-2-4-21(30)16-22/h2,4-5,14-17,19,25H,3,6-13,18H2,1H3/t19-,25?/m1/s1. The van der Waals surface area contributed by atoms with Crippen LogP contribution in [0.25, 0.3) is 11.0 Å². The molecule has 9 heteroatoms. The molecule has 0 spiro atoms. The molecule has 2 aromatic carbocycles. The fourth-order valence-corrected chi connectivity index (χ4v) is 5.82. The van der Waals surface area contributed by atoms with Crippen LogP contribution in [0.15, 0.2) is 51.7 Å². The number of carbonyl (C=O) groups excluding carboxylic acids is 1. The van der Waals surface area contributed by atoms with Crippen LogP contribution in [-0.4, -0.2) is 69.5 Å². The third-order valence-electron chi connectivity index (χ3n) is 7.69. The summed E-state index contributed by atoms with van der Waals surface area (Å²) in [5.74, 6) is 0.0724. The van der Waals surface area contributed by atoms with Gasteiger partial charge in [0.1, 0.15) is 11.4 Å². The summed E-state index contributed by atoms with van der Waals surface area (Å²) in [5, 5.41) is 0.384. The van der Waals surface area contributed by atoms with Gasteiger partial charge in [0.05, 0.1) is 37.4 Å². The number of hydrogen-bond donors (Lipinski definition) is 0. The topological polar surface area (TPSA) is 75.5 Å². The first-order valence-corrected chi connectivity index (χ1v) is 13.4. The van der Waals surface area contributed by atoms with Gasteiger partial charge in [-0.1, -0.05) is 6.07 Å². The molecule has 1 unspecified atom stereocenters. The second-order valence-corrected chi connectivity index (χ2v) is 10.3. The van der Waals surface area contributed by atoms with Gasteiger partial charge in [-0.15, -0.1) is 0 Å². The summed E-state index contributed by atoms with van der Waals surface area (Å²) in [6, 6.07) is 11.4. The molecule has 1 aromatic heterocycles. The van der Waals surface area contributed by atoms with Gasteiger partial charge in [0.2, 0.25) is 0 Å². The quantitative estimate of drug-likeness (QED) is 0.514. The van der Waals surface area contributed by atoms with Gasteiger partial charge in [0, 0.05) is 55.6 Å². The Balaban J connectivity index is 1.49. The molecule has 38 heavy (non-hydrogen) atoms. The predicted molar refractivity (Wildman–Crippen MR) is 143 cm³/mol. The second kappa shape index (κ2) is 10.4. The van der Waals surface area contributed by atoms with Crippen molar-refractivity contribution in [1.29, 1.82) is 0 Å². The van der Waals surface area contributed by atoms with Crippen LogP contribution in [0.1, 0.15) is 41.7 Å². The van der Waals surface area contributed by atoms with Crippen LogP contribution in [-0.2, 0) is 9.47 Å². The summed E-state index contributed by atoms with van der Waals surface area (Å²) in [5.41, 5.74) is 2.31. The molecule has 2 atom stereocenters. The highest BCUT2D eigenvalue weighted by atomic mass is 19.1. The molecular weight excluding hydrogens is 489 g/mol. The molecular formula is C29H32FN3O5. The van der Waals surface area contributed by atoms with Crippen LogP contribution in [0.4, 0.5) is 16.0 Å². The number of hydrogen-bond acceptors (Lipinski definition) is 7. The van der Waals surface area contributed by atoms with E-state index in [2.05, 4.69) is 4.90 Å². The molecule has 3 fully saturated rings. The van der Waals surface area contributed by atoms with Crippen molar-refractivity contribution in [2.45, 2.75) is 31.9 Å². The van der Waals surface area contributed by atoms with Crippen molar-refractivity contribution in [2.75, 3.05) is 62.3 Å². The first-order chi connectivity index (χ1) is 18.5. The number of anilines is 2. The third-order valence-corrected chi connectivity index (χ3v) is 7.69. The molecule has 8 nitrogen and oxygen atoms in total. The molecule has 0 saturated carbocycles. The van der Waals surface area contributed by atoms with Crippen molar-refractivity contribution >= 4 is 28.4 Å². The fraction of sp³-hybridized carbons (Fsp3) is 0.448. The van der Waals surface area contributed by atoms with Crippen molar-refractivity contribution in [3.8, 4) is 0 Å². The summed E-state index contributed by atoms with van der Waals surface area (Å²) in [7, 11) is 0. The Morgan fingerprint density at radius 2 is 1.87 bits per heavy atom. The monoisotopic (exact) mass is 521 g/mol. The summed E-state index contributed by atoms with van der Waals surface area (Å²) in [4.78, 5) is 33.0. The van der Waals surface area contributed by atoms with E-state index in [1.165, 1.54) is 18.2 Å². The maximum absolute atomic E-state index is 14.2. The molecule has 0 aliphatic carbocycles. The lowest BCUT2D eigenvalue weighted by atomic mass is 9.97. The highest BCUT2D eigenvalue weighted by Gasteiger charge is 2.32. The Hall–Kier alpha value is -3.43. The van der Waals surface area contributed by atoms with Gasteiger partial charge in [-0.2, -0.15) is 0 Å². The smallest absolute Gasteiger partial charge is 0.254 e. The van der Waals surface area contributed by atoms with Crippen molar-refractivity contribution in [3.63, 3.8) is 0 Å². The van der Waals surface area contributed by atoms with Crippen LogP contribution in [0.5, 0.6) is 0 Å². The first-order valence-electron chi connectivity index (χ1n) is 13.4. The lowest BCUT2D eigenvalue weighted by molar-refractivity contribution is 0.0303. The van der Waals surface area contributed by atoms with Crippen LogP contribution in [0.3, 0.4) is 0 Å². The van der Waals surface area contributed by atoms with E-state index in [9.17, 15) is 14.0 Å². The Bertz CT molecular complexity index is 1400. The van der Waals surface area contributed by atoms with Crippen LogP contribution in [0, 0.1) is 5.82 Å². The largest absolute Gasteiger partial charge is 0.440 e. The Labute approximate surface area is 220 Å². The molecule has 3 aliphatic heterocycles. The van der Waals surface area contributed by atoms with Crippen molar-refractivity contribution in [3.05, 3.63) is 69.6 Å². The summed E-state index contributed by atoms with van der Waals surface area (Å²) >= 11 is 0. The van der Waals surface area contributed by atoms with Crippen LogP contribution in [0.2, 0.25) is 0 Å². The van der Waals surface area contributed by atoms with E-state index in [-0.39, 0.29) is 29.3 Å². The average molecular weight is 522 g/mol. The van der Waals surface area contributed by atoms with Crippen molar-refractivity contribution < 1.29 is 23.1 Å². The zero-order valence-electron chi connectivity index (χ0n) is 21.5. The highest BCUT2D eigenvalue weighted by molar-refractivity contribution is 5.99. The van der Waals surface area contributed by atoms with E-state index in [1.807, 2.05) is 24.0 Å². The number of morpholine rings is 2. The van der Waals surface area contributed by atoms with Gasteiger partial charge in [-0.05, 0) is 50.1 Å². The predicted octanol–water partition coefficient (Wildman–Crippen LogP) is 3.97. The number of rotatable bonds is 4. The van der Waals surface area contributed by atoms with Crippen LogP contribution < -0.4 is 15.2 Å². The number of benzene rings is 2. The van der Waals surface area contributed by atoms with Crippen molar-refractivity contribution in [2.24, 2.45) is 0 Å². The highest BCUT2D eigenvalue weighted by Crippen LogP contribution is 2.40. The first kappa shape index (κ1) is 24.9. The number of carbonyl (C=O) groups is 1. The van der Waals surface area contributed by atoms with Gasteiger partial charge >= 0.3 is 0 Å². The van der Waals surface area contributed by atoms with Gasteiger partial charge in [-0.25, -0.2) is 4.39 Å². The fourth-order valence-electron chi connectivity index (χ4n) is 5.82. The zero-order chi connectivity index (χ0) is 26.2. The zero-order valence-corrected chi connectivity index (χ0v) is 21.5. The number of nitrogens with zero attached hydrogens (tertiary/aromatic N) is 3. The van der Waals surface area contributed by atoms with Gasteiger partial charge in [0.15, 0.2) is 11.3 Å². The number of amides is 1. The minimum Gasteiger partial charge on any atom is -0.440 e. The number of halogens is 1. The Morgan fingerprint density at radius 3 is 2.66 bits per heavy atom. The van der Waals surface area contributed by atoms with E-state index in [1.54, 1.807) is 17.0 Å². The lowest BCUT2D eigenvalue weighted by Crippen LogP contribution is -2.41. The normalized spacial score (nSPS) is 22.3. The van der Waals surface area contributed by atoms with E-state index in [0.717, 1.165) is 30.6 Å². The molecule has 0 N–H and O–H groups in total. The Kier molecular flexibility index (Phi) is 6.80. The maximum Gasteiger partial charge on any atom is 0.254 e. The van der Waals surface area contributed by atoms with E-state index < -0.39 is 0 Å². The summed E-state index contributed by atoms with van der Waals surface area (Å²) < 4.78 is 31.7. The molecule has 0 radical (unpaired) electrons. The molecule has 3 saturated heterocycles. The summed E-state index contributed by atoms with van der Waals surface area (Å²) in [6.07, 6.45) is 1.72. The second-order valence-electron chi connectivity index (χ2n) is 10.3. The average Bonchev–Trinajstić information content (AvgIpc) is 3.43. The molecule has 1 amide bonds. The van der Waals surface area contributed by atoms with Gasteiger partial charge in [0.25, 0.3) is 5.91 Å². The number of fused-ring (bicyclic) bond motifs is 1. The van der Waals surface area contributed by atoms with Crippen LogP contribution >= 0.6 is 0 Å².